The minimum Gasteiger partial charge on any atom is -0.479 e. The van der Waals surface area contributed by atoms with E-state index in [1.54, 1.807) is 25.6 Å². The smallest absolute Gasteiger partial charge is 0.479 e. The number of para-hydroxylation sites is 1. The van der Waals surface area contributed by atoms with Gasteiger partial charge in [-0.1, -0.05) is 18.2 Å². The zero-order valence-electron chi connectivity index (χ0n) is 16.6. The topological polar surface area (TPSA) is 133 Å². The molecule has 2 atom stereocenters. The van der Waals surface area contributed by atoms with Crippen LogP contribution in [-0.2, 0) is 31.5 Å². The number of hydrogen-bond donors (Lipinski definition) is 1. The largest absolute Gasteiger partial charge is 0.530 e. The number of fused-ring (bicyclic) bond motifs is 2. The van der Waals surface area contributed by atoms with Gasteiger partial charge in [-0.2, -0.15) is 9.97 Å². The van der Waals surface area contributed by atoms with Gasteiger partial charge in [0.05, 0.1) is 32.8 Å². The molecule has 11 nitrogen and oxygen atoms in total. The van der Waals surface area contributed by atoms with Crippen LogP contribution in [0.1, 0.15) is 12.0 Å². The van der Waals surface area contributed by atoms with Crippen LogP contribution >= 0.6 is 7.82 Å². The first kappa shape index (κ1) is 20.5. The van der Waals surface area contributed by atoms with Crippen LogP contribution in [0.3, 0.4) is 0 Å². The Hall–Kier alpha value is -2.72. The molecule has 2 unspecified atom stereocenters. The van der Waals surface area contributed by atoms with Crippen molar-refractivity contribution in [1.29, 1.82) is 0 Å². The van der Waals surface area contributed by atoms with Gasteiger partial charge in [-0.05, 0) is 12.5 Å². The maximum absolute atomic E-state index is 12.7. The normalized spacial score (nSPS) is 19.3. The number of phosphoric ester groups is 1. The number of nitrogens with two attached hydrogens (primary N) is 1. The maximum atomic E-state index is 12.7. The molecule has 1 aromatic carbocycles. The van der Waals surface area contributed by atoms with E-state index >= 15 is 0 Å². The number of methoxy groups -OCH3 is 2. The second-order valence-corrected chi connectivity index (χ2v) is 8.16. The van der Waals surface area contributed by atoms with E-state index < -0.39 is 7.82 Å². The number of benzene rings is 1. The Morgan fingerprint density at radius 3 is 2.93 bits per heavy atom. The number of nitrogen functional groups attached to an aromatic ring is 1. The first-order chi connectivity index (χ1) is 14.5. The van der Waals surface area contributed by atoms with Gasteiger partial charge in [-0.3, -0.25) is 9.05 Å². The van der Waals surface area contributed by atoms with E-state index in [0.29, 0.717) is 35.8 Å². The van der Waals surface area contributed by atoms with Crippen LogP contribution < -0.4 is 15.0 Å². The lowest BCUT2D eigenvalue weighted by Gasteiger charge is -2.26. The molecule has 1 aliphatic heterocycles. The molecule has 3 aromatic rings. The van der Waals surface area contributed by atoms with E-state index in [4.69, 9.17) is 28.8 Å². The van der Waals surface area contributed by atoms with Gasteiger partial charge in [0.2, 0.25) is 11.8 Å². The van der Waals surface area contributed by atoms with Crippen molar-refractivity contribution in [2.75, 3.05) is 26.6 Å². The van der Waals surface area contributed by atoms with E-state index in [-0.39, 0.29) is 25.3 Å². The lowest BCUT2D eigenvalue weighted by atomic mass is 10.2. The van der Waals surface area contributed by atoms with E-state index in [1.807, 2.05) is 16.7 Å². The molecule has 12 heteroatoms. The van der Waals surface area contributed by atoms with Crippen LogP contribution in [0.2, 0.25) is 0 Å². The fourth-order valence-corrected chi connectivity index (χ4v) is 4.28. The quantitative estimate of drug-likeness (QED) is 0.526. The summed E-state index contributed by atoms with van der Waals surface area (Å²) in [5, 5.41) is 0. The van der Waals surface area contributed by atoms with Gasteiger partial charge in [0, 0.05) is 19.2 Å². The fourth-order valence-electron chi connectivity index (χ4n) is 3.04. The summed E-state index contributed by atoms with van der Waals surface area (Å²) in [6.45, 7) is 0.699. The average Bonchev–Trinajstić information content (AvgIpc) is 3.16. The van der Waals surface area contributed by atoms with E-state index in [1.165, 1.54) is 7.11 Å². The van der Waals surface area contributed by atoms with E-state index in [2.05, 4.69) is 15.0 Å². The van der Waals surface area contributed by atoms with E-state index in [0.717, 1.165) is 5.56 Å². The van der Waals surface area contributed by atoms with Crippen molar-refractivity contribution in [2.45, 2.75) is 25.7 Å². The summed E-state index contributed by atoms with van der Waals surface area (Å²) in [5.41, 5.74) is 7.63. The van der Waals surface area contributed by atoms with Crippen molar-refractivity contribution in [3.63, 3.8) is 0 Å². The third-order valence-electron chi connectivity index (χ3n) is 4.65. The summed E-state index contributed by atoms with van der Waals surface area (Å²) in [5.74, 6) is 0.905. The van der Waals surface area contributed by atoms with Gasteiger partial charge < -0.3 is 24.3 Å². The molecule has 2 N–H and O–H groups in total. The molecule has 0 radical (unpaired) electrons. The Morgan fingerprint density at radius 1 is 1.30 bits per heavy atom. The number of rotatable bonds is 8. The standard InChI is InChI=1S/C18H22N5O6P/c1-25-13(10-28-30(24)27-9-12-5-3-4-6-14(12)29-30)7-8-23-11-20-15-16(23)21-18(19)22-17(15)26-2/h3-6,11,13H,7-10H2,1-2H3,(H2,19,21,22). The number of nitrogens with zero attached hydrogens (tertiary/aromatic N) is 4. The first-order valence-corrected chi connectivity index (χ1v) is 10.7. The highest BCUT2D eigenvalue weighted by molar-refractivity contribution is 7.49. The lowest BCUT2D eigenvalue weighted by Crippen LogP contribution is -2.21. The summed E-state index contributed by atoms with van der Waals surface area (Å²) >= 11 is 0. The molecule has 0 amide bonds. The number of aryl methyl sites for hydroxylation is 1. The fraction of sp³-hybridized carbons (Fsp3) is 0.389. The van der Waals surface area contributed by atoms with Crippen LogP contribution in [0.15, 0.2) is 30.6 Å². The Bertz CT molecular complexity index is 1090. The Balaban J connectivity index is 1.39. The first-order valence-electron chi connectivity index (χ1n) is 9.23. The van der Waals surface area contributed by atoms with Crippen molar-refractivity contribution < 1.29 is 27.6 Å². The molecule has 0 saturated heterocycles. The average molecular weight is 435 g/mol. The number of imidazole rings is 1. The minimum atomic E-state index is -3.71. The van der Waals surface area contributed by atoms with Crippen molar-refractivity contribution >= 4 is 24.9 Å². The van der Waals surface area contributed by atoms with Crippen LogP contribution in [-0.4, -0.2) is 46.4 Å². The van der Waals surface area contributed by atoms with Crippen LogP contribution in [0.25, 0.3) is 11.2 Å². The second-order valence-electron chi connectivity index (χ2n) is 6.56. The van der Waals surface area contributed by atoms with Gasteiger partial charge in [-0.25, -0.2) is 9.55 Å². The second kappa shape index (κ2) is 8.57. The molecule has 2 aromatic heterocycles. The van der Waals surface area contributed by atoms with Crippen LogP contribution in [0.4, 0.5) is 5.95 Å². The summed E-state index contributed by atoms with van der Waals surface area (Å²) < 4.78 is 41.5. The molecule has 0 bridgehead atoms. The van der Waals surface area contributed by atoms with Crippen molar-refractivity contribution in [2.24, 2.45) is 0 Å². The number of aromatic nitrogens is 4. The van der Waals surface area contributed by atoms with Crippen LogP contribution in [0, 0.1) is 0 Å². The number of ether oxygens (including phenoxy) is 2. The third-order valence-corrected chi connectivity index (χ3v) is 5.98. The van der Waals surface area contributed by atoms with Gasteiger partial charge >= 0.3 is 7.82 Å². The minimum absolute atomic E-state index is 0.0308. The third kappa shape index (κ3) is 4.24. The number of anilines is 1. The molecule has 3 heterocycles. The number of phosphoric acid groups is 1. The Morgan fingerprint density at radius 2 is 2.13 bits per heavy atom. The zero-order valence-corrected chi connectivity index (χ0v) is 17.4. The Labute approximate surface area is 172 Å². The Kier molecular flexibility index (Phi) is 5.87. The molecule has 0 fully saturated rings. The number of hydrogen-bond acceptors (Lipinski definition) is 10. The molecule has 0 spiro atoms. The summed E-state index contributed by atoms with van der Waals surface area (Å²) in [4.78, 5) is 12.5. The predicted octanol–water partition coefficient (Wildman–Crippen LogP) is 2.56. The molecule has 160 valence electrons. The zero-order chi connectivity index (χ0) is 21.1. The maximum Gasteiger partial charge on any atom is 0.530 e. The molecule has 0 aliphatic carbocycles. The van der Waals surface area contributed by atoms with Gasteiger partial charge in [-0.15, -0.1) is 0 Å². The molecule has 4 rings (SSSR count). The molecule has 0 saturated carbocycles. The highest BCUT2D eigenvalue weighted by atomic mass is 31.2. The predicted molar refractivity (Wildman–Crippen MR) is 107 cm³/mol. The lowest BCUT2D eigenvalue weighted by molar-refractivity contribution is 0.0304. The highest BCUT2D eigenvalue weighted by Gasteiger charge is 2.34. The van der Waals surface area contributed by atoms with Crippen molar-refractivity contribution in [1.82, 2.24) is 19.5 Å². The van der Waals surface area contributed by atoms with Crippen LogP contribution in [0.5, 0.6) is 11.6 Å². The summed E-state index contributed by atoms with van der Waals surface area (Å²) in [6, 6.07) is 7.23. The SMILES string of the molecule is COc1nc(N)nc2c1ncn2CCC(COP1(=O)OCc2ccccc2O1)OC. The van der Waals surface area contributed by atoms with Gasteiger partial charge in [0.1, 0.15) is 5.75 Å². The van der Waals surface area contributed by atoms with Crippen molar-refractivity contribution in [3.05, 3.63) is 36.2 Å². The molecule has 30 heavy (non-hydrogen) atoms. The summed E-state index contributed by atoms with van der Waals surface area (Å²) in [6.07, 6.45) is 1.80. The monoisotopic (exact) mass is 435 g/mol. The highest BCUT2D eigenvalue weighted by Crippen LogP contribution is 2.54. The van der Waals surface area contributed by atoms with Gasteiger partial charge in [0.15, 0.2) is 11.2 Å². The molecular weight excluding hydrogens is 413 g/mol. The molecule has 1 aliphatic rings. The van der Waals surface area contributed by atoms with Gasteiger partial charge in [0.25, 0.3) is 0 Å². The summed E-state index contributed by atoms with van der Waals surface area (Å²) in [7, 11) is -0.659. The van der Waals surface area contributed by atoms with Crippen molar-refractivity contribution in [3.8, 4) is 11.6 Å². The van der Waals surface area contributed by atoms with E-state index in [9.17, 15) is 4.57 Å². The molecular formula is C18H22N5O6P.